The molecule has 1 atom stereocenters. The van der Waals surface area contributed by atoms with Crippen molar-refractivity contribution in [1.82, 2.24) is 4.90 Å². The van der Waals surface area contributed by atoms with Crippen LogP contribution in [0.1, 0.15) is 38.7 Å². The summed E-state index contributed by atoms with van der Waals surface area (Å²) in [6.07, 6.45) is 0.570. The SMILES string of the molecule is CC(C(=O)N(CCC(N)=S)C(C)C)c1ccccc1. The number of rotatable bonds is 6. The van der Waals surface area contributed by atoms with Crippen molar-refractivity contribution in [3.05, 3.63) is 35.9 Å². The van der Waals surface area contributed by atoms with E-state index in [2.05, 4.69) is 0 Å². The number of nitrogens with two attached hydrogens (primary N) is 1. The Hall–Kier alpha value is -1.42. The zero-order valence-corrected chi connectivity index (χ0v) is 12.6. The van der Waals surface area contributed by atoms with E-state index in [-0.39, 0.29) is 17.9 Å². The zero-order chi connectivity index (χ0) is 14.4. The van der Waals surface area contributed by atoms with E-state index < -0.39 is 0 Å². The Bertz CT molecular complexity index is 431. The van der Waals surface area contributed by atoms with E-state index in [0.717, 1.165) is 5.56 Å². The van der Waals surface area contributed by atoms with Gasteiger partial charge < -0.3 is 10.6 Å². The number of nitrogens with zero attached hydrogens (tertiary/aromatic N) is 1. The summed E-state index contributed by atoms with van der Waals surface area (Å²) >= 11 is 4.89. The molecule has 0 saturated carbocycles. The lowest BCUT2D eigenvalue weighted by Crippen LogP contribution is -2.41. The van der Waals surface area contributed by atoms with Gasteiger partial charge in [-0.1, -0.05) is 42.5 Å². The molecule has 1 aromatic rings. The summed E-state index contributed by atoms with van der Waals surface area (Å²) in [4.78, 5) is 14.8. The average molecular weight is 278 g/mol. The molecule has 0 heterocycles. The van der Waals surface area contributed by atoms with E-state index >= 15 is 0 Å². The molecule has 0 radical (unpaired) electrons. The monoisotopic (exact) mass is 278 g/mol. The second kappa shape index (κ2) is 7.24. The molecule has 0 aliphatic carbocycles. The van der Waals surface area contributed by atoms with Crippen molar-refractivity contribution in [3.8, 4) is 0 Å². The molecule has 19 heavy (non-hydrogen) atoms. The third kappa shape index (κ3) is 4.63. The van der Waals surface area contributed by atoms with E-state index in [9.17, 15) is 4.79 Å². The Kier molecular flexibility index (Phi) is 5.96. The third-order valence-electron chi connectivity index (χ3n) is 3.18. The van der Waals surface area contributed by atoms with E-state index in [1.165, 1.54) is 0 Å². The standard InChI is InChI=1S/C15H22N2OS/c1-11(2)17(10-9-14(16)19)15(18)12(3)13-7-5-4-6-8-13/h4-8,11-12H,9-10H2,1-3H3,(H2,16,19). The van der Waals surface area contributed by atoms with Crippen LogP contribution in [0.4, 0.5) is 0 Å². The number of amides is 1. The maximum atomic E-state index is 12.5. The van der Waals surface area contributed by atoms with Gasteiger partial charge in [-0.05, 0) is 26.3 Å². The van der Waals surface area contributed by atoms with Gasteiger partial charge >= 0.3 is 0 Å². The maximum absolute atomic E-state index is 12.5. The molecule has 1 aromatic carbocycles. The van der Waals surface area contributed by atoms with Gasteiger partial charge in [0.2, 0.25) is 5.91 Å². The molecule has 0 bridgehead atoms. The first-order valence-corrected chi connectivity index (χ1v) is 6.98. The van der Waals surface area contributed by atoms with Crippen LogP contribution in [-0.4, -0.2) is 28.4 Å². The molecule has 0 aliphatic rings. The predicted molar refractivity (Wildman–Crippen MR) is 83.1 cm³/mol. The largest absolute Gasteiger partial charge is 0.393 e. The first-order valence-electron chi connectivity index (χ1n) is 6.57. The molecule has 1 unspecified atom stereocenters. The lowest BCUT2D eigenvalue weighted by molar-refractivity contribution is -0.134. The Labute approximate surface area is 120 Å². The average Bonchev–Trinajstić information content (AvgIpc) is 2.38. The highest BCUT2D eigenvalue weighted by Gasteiger charge is 2.23. The summed E-state index contributed by atoms with van der Waals surface area (Å²) in [5.41, 5.74) is 6.56. The molecule has 0 fully saturated rings. The molecule has 3 nitrogen and oxygen atoms in total. The van der Waals surface area contributed by atoms with E-state index in [0.29, 0.717) is 18.0 Å². The summed E-state index contributed by atoms with van der Waals surface area (Å²) in [5, 5.41) is 0. The van der Waals surface area contributed by atoms with E-state index in [4.69, 9.17) is 18.0 Å². The topological polar surface area (TPSA) is 46.3 Å². The van der Waals surface area contributed by atoms with Gasteiger partial charge in [0.1, 0.15) is 0 Å². The lowest BCUT2D eigenvalue weighted by atomic mass is 9.99. The molecule has 0 saturated heterocycles. The van der Waals surface area contributed by atoms with Crippen molar-refractivity contribution in [3.63, 3.8) is 0 Å². The molecule has 0 aromatic heterocycles. The number of benzene rings is 1. The van der Waals surface area contributed by atoms with Crippen LogP contribution in [0.15, 0.2) is 30.3 Å². The summed E-state index contributed by atoms with van der Waals surface area (Å²) < 4.78 is 0. The van der Waals surface area contributed by atoms with Gasteiger partial charge in [-0.2, -0.15) is 0 Å². The fraction of sp³-hybridized carbons (Fsp3) is 0.467. The summed E-state index contributed by atoms with van der Waals surface area (Å²) in [6.45, 7) is 6.54. The fourth-order valence-electron chi connectivity index (χ4n) is 1.99. The minimum absolute atomic E-state index is 0.123. The van der Waals surface area contributed by atoms with E-state index in [1.807, 2.05) is 56.0 Å². The van der Waals surface area contributed by atoms with Crippen LogP contribution in [0.5, 0.6) is 0 Å². The second-order valence-electron chi connectivity index (χ2n) is 4.97. The van der Waals surface area contributed by atoms with Crippen LogP contribution >= 0.6 is 12.2 Å². The second-order valence-corrected chi connectivity index (χ2v) is 5.50. The minimum Gasteiger partial charge on any atom is -0.393 e. The van der Waals surface area contributed by atoms with Gasteiger partial charge in [0.15, 0.2) is 0 Å². The summed E-state index contributed by atoms with van der Waals surface area (Å²) in [7, 11) is 0. The molecule has 4 heteroatoms. The van der Waals surface area contributed by atoms with Crippen molar-refractivity contribution in [2.24, 2.45) is 5.73 Å². The molecule has 104 valence electrons. The van der Waals surface area contributed by atoms with Gasteiger partial charge in [-0.3, -0.25) is 4.79 Å². The van der Waals surface area contributed by atoms with Crippen LogP contribution in [0.3, 0.4) is 0 Å². The van der Waals surface area contributed by atoms with Crippen LogP contribution in [0.2, 0.25) is 0 Å². The van der Waals surface area contributed by atoms with Gasteiger partial charge in [-0.15, -0.1) is 0 Å². The smallest absolute Gasteiger partial charge is 0.230 e. The van der Waals surface area contributed by atoms with Crippen LogP contribution in [0, 0.1) is 0 Å². The van der Waals surface area contributed by atoms with Gasteiger partial charge in [-0.25, -0.2) is 0 Å². The minimum atomic E-state index is -0.144. The van der Waals surface area contributed by atoms with Gasteiger partial charge in [0.05, 0.1) is 10.9 Å². The highest BCUT2D eigenvalue weighted by atomic mass is 32.1. The predicted octanol–water partition coefficient (Wildman–Crippen LogP) is 2.70. The number of hydrogen-bond donors (Lipinski definition) is 1. The summed E-state index contributed by atoms with van der Waals surface area (Å²) in [6, 6.07) is 9.96. The molecule has 2 N–H and O–H groups in total. The number of thiocarbonyl (C=S) groups is 1. The fourth-order valence-corrected chi connectivity index (χ4v) is 2.08. The van der Waals surface area contributed by atoms with Crippen molar-refractivity contribution >= 4 is 23.1 Å². The van der Waals surface area contributed by atoms with Crippen LogP contribution < -0.4 is 5.73 Å². The third-order valence-corrected chi connectivity index (χ3v) is 3.38. The van der Waals surface area contributed by atoms with Crippen molar-refractivity contribution < 1.29 is 4.79 Å². The Morgan fingerprint density at radius 1 is 1.26 bits per heavy atom. The molecular weight excluding hydrogens is 256 g/mol. The highest BCUT2D eigenvalue weighted by molar-refractivity contribution is 7.80. The molecule has 0 spiro atoms. The first kappa shape index (κ1) is 15.6. The van der Waals surface area contributed by atoms with Crippen LogP contribution in [0.25, 0.3) is 0 Å². The molecule has 0 aliphatic heterocycles. The Morgan fingerprint density at radius 2 is 1.84 bits per heavy atom. The number of carbonyl (C=O) groups excluding carboxylic acids is 1. The normalized spacial score (nSPS) is 12.2. The molecular formula is C15H22N2OS. The maximum Gasteiger partial charge on any atom is 0.230 e. The van der Waals surface area contributed by atoms with Crippen LogP contribution in [-0.2, 0) is 4.79 Å². The Morgan fingerprint density at radius 3 is 2.32 bits per heavy atom. The first-order chi connectivity index (χ1) is 8.93. The van der Waals surface area contributed by atoms with Crippen molar-refractivity contribution in [2.45, 2.75) is 39.2 Å². The van der Waals surface area contributed by atoms with Gasteiger partial charge in [0, 0.05) is 19.0 Å². The zero-order valence-electron chi connectivity index (χ0n) is 11.8. The Balaban J connectivity index is 2.79. The number of hydrogen-bond acceptors (Lipinski definition) is 2. The quantitative estimate of drug-likeness (QED) is 0.814. The van der Waals surface area contributed by atoms with Crippen molar-refractivity contribution in [1.29, 1.82) is 0 Å². The van der Waals surface area contributed by atoms with E-state index in [1.54, 1.807) is 0 Å². The molecule has 1 rings (SSSR count). The highest BCUT2D eigenvalue weighted by Crippen LogP contribution is 2.19. The number of carbonyl (C=O) groups is 1. The lowest BCUT2D eigenvalue weighted by Gasteiger charge is -2.29. The summed E-state index contributed by atoms with van der Waals surface area (Å²) in [5.74, 6) is -0.0209. The van der Waals surface area contributed by atoms with Gasteiger partial charge in [0.25, 0.3) is 0 Å². The molecule has 1 amide bonds. The van der Waals surface area contributed by atoms with Crippen molar-refractivity contribution in [2.75, 3.05) is 6.54 Å².